The molecular formula is C12H6F5NO. The molecule has 0 unspecified atom stereocenters. The van der Waals surface area contributed by atoms with E-state index in [2.05, 4.69) is 4.98 Å². The van der Waals surface area contributed by atoms with Crippen molar-refractivity contribution in [2.45, 2.75) is 6.18 Å². The molecule has 1 aromatic carbocycles. The molecule has 1 aromatic heterocycles. The fraction of sp³-hybridized carbons (Fsp3) is 0.0833. The normalized spacial score (nSPS) is 11.6. The third kappa shape index (κ3) is 2.98. The molecule has 0 aliphatic heterocycles. The van der Waals surface area contributed by atoms with Crippen molar-refractivity contribution >= 4 is 0 Å². The zero-order valence-electron chi connectivity index (χ0n) is 9.18. The largest absolute Gasteiger partial charge is 0.416 e. The second kappa shape index (κ2) is 4.49. The molecule has 0 saturated carbocycles. The number of hydrogen-bond donors (Lipinski definition) is 1. The predicted octanol–water partition coefficient (Wildman–Crippen LogP) is 3.34. The van der Waals surface area contributed by atoms with Gasteiger partial charge in [-0.05, 0) is 18.2 Å². The Morgan fingerprint density at radius 3 is 2.00 bits per heavy atom. The van der Waals surface area contributed by atoms with Crippen LogP contribution >= 0.6 is 0 Å². The van der Waals surface area contributed by atoms with Crippen LogP contribution in [0.25, 0.3) is 11.3 Å². The molecule has 100 valence electrons. The van der Waals surface area contributed by atoms with E-state index in [0.717, 1.165) is 12.1 Å². The first-order chi connectivity index (χ1) is 8.75. The van der Waals surface area contributed by atoms with Crippen LogP contribution in [0.4, 0.5) is 22.0 Å². The van der Waals surface area contributed by atoms with Gasteiger partial charge in [0.1, 0.15) is 11.6 Å². The van der Waals surface area contributed by atoms with Crippen molar-refractivity contribution < 1.29 is 22.0 Å². The van der Waals surface area contributed by atoms with Crippen LogP contribution in [-0.4, -0.2) is 4.98 Å². The van der Waals surface area contributed by atoms with Gasteiger partial charge in [-0.3, -0.25) is 4.79 Å². The fourth-order valence-corrected chi connectivity index (χ4v) is 1.57. The zero-order chi connectivity index (χ0) is 14.2. The summed E-state index contributed by atoms with van der Waals surface area (Å²) in [5.74, 6) is -1.90. The molecular weight excluding hydrogens is 269 g/mol. The topological polar surface area (TPSA) is 32.9 Å². The lowest BCUT2D eigenvalue weighted by molar-refractivity contribution is -0.137. The van der Waals surface area contributed by atoms with Crippen molar-refractivity contribution in [3.05, 3.63) is 57.9 Å². The molecule has 0 spiro atoms. The molecule has 0 fully saturated rings. The number of rotatable bonds is 1. The van der Waals surface area contributed by atoms with Crippen LogP contribution in [-0.2, 0) is 6.18 Å². The van der Waals surface area contributed by atoms with Crippen molar-refractivity contribution in [3.63, 3.8) is 0 Å². The molecule has 0 saturated heterocycles. The fourth-order valence-electron chi connectivity index (χ4n) is 1.57. The summed E-state index contributed by atoms with van der Waals surface area (Å²) in [5.41, 5.74) is -2.68. The number of hydrogen-bond acceptors (Lipinski definition) is 1. The van der Waals surface area contributed by atoms with Gasteiger partial charge in [-0.15, -0.1) is 0 Å². The maximum absolute atomic E-state index is 13.0. The van der Waals surface area contributed by atoms with E-state index in [9.17, 15) is 26.7 Å². The number of alkyl halides is 3. The molecule has 0 atom stereocenters. The Hall–Kier alpha value is -2.18. The van der Waals surface area contributed by atoms with Crippen LogP contribution in [0, 0.1) is 11.6 Å². The molecule has 7 heteroatoms. The SMILES string of the molecule is O=c1cc(C(F)(F)F)cc(-c2cc(F)cc(F)c2)[nH]1. The van der Waals surface area contributed by atoms with E-state index in [1.807, 2.05) is 0 Å². The van der Waals surface area contributed by atoms with E-state index in [1.165, 1.54) is 0 Å². The minimum atomic E-state index is -4.71. The van der Waals surface area contributed by atoms with Gasteiger partial charge < -0.3 is 4.98 Å². The number of H-pyrrole nitrogens is 1. The third-order valence-electron chi connectivity index (χ3n) is 2.35. The van der Waals surface area contributed by atoms with Crippen LogP contribution < -0.4 is 5.56 Å². The average molecular weight is 275 g/mol. The minimum absolute atomic E-state index is 0.180. The Kier molecular flexibility index (Phi) is 3.13. The summed E-state index contributed by atoms with van der Waals surface area (Å²) < 4.78 is 63.6. The van der Waals surface area contributed by atoms with Gasteiger partial charge in [-0.1, -0.05) is 0 Å². The van der Waals surface area contributed by atoms with Crippen LogP contribution in [0.1, 0.15) is 5.56 Å². The Morgan fingerprint density at radius 2 is 1.47 bits per heavy atom. The van der Waals surface area contributed by atoms with Gasteiger partial charge in [0.15, 0.2) is 0 Å². The molecule has 0 amide bonds. The molecule has 0 aliphatic rings. The molecule has 1 N–H and O–H groups in total. The van der Waals surface area contributed by atoms with Crippen molar-refractivity contribution in [1.29, 1.82) is 0 Å². The van der Waals surface area contributed by atoms with E-state index in [0.29, 0.717) is 18.2 Å². The quantitative estimate of drug-likeness (QED) is 0.795. The molecule has 0 radical (unpaired) electrons. The van der Waals surface area contributed by atoms with Gasteiger partial charge in [0.25, 0.3) is 0 Å². The van der Waals surface area contributed by atoms with Crippen molar-refractivity contribution in [1.82, 2.24) is 4.98 Å². The number of halogens is 5. The number of aromatic nitrogens is 1. The van der Waals surface area contributed by atoms with E-state index in [-0.39, 0.29) is 11.3 Å². The van der Waals surface area contributed by atoms with Gasteiger partial charge >= 0.3 is 6.18 Å². The zero-order valence-corrected chi connectivity index (χ0v) is 9.18. The summed E-state index contributed by atoms with van der Waals surface area (Å²) >= 11 is 0. The number of aromatic amines is 1. The Balaban J connectivity index is 2.63. The lowest BCUT2D eigenvalue weighted by Crippen LogP contribution is -2.13. The molecule has 0 bridgehead atoms. The average Bonchev–Trinajstić information content (AvgIpc) is 2.25. The highest BCUT2D eigenvalue weighted by Crippen LogP contribution is 2.30. The van der Waals surface area contributed by atoms with Gasteiger partial charge in [0, 0.05) is 23.4 Å². The summed E-state index contributed by atoms with van der Waals surface area (Å²) in [7, 11) is 0. The molecule has 2 nitrogen and oxygen atoms in total. The molecule has 1 heterocycles. The Labute approximate surface area is 103 Å². The minimum Gasteiger partial charge on any atom is -0.322 e. The second-order valence-electron chi connectivity index (χ2n) is 3.80. The van der Waals surface area contributed by atoms with Crippen LogP contribution in [0.2, 0.25) is 0 Å². The smallest absolute Gasteiger partial charge is 0.322 e. The summed E-state index contributed by atoms with van der Waals surface area (Å²) in [4.78, 5) is 13.3. The van der Waals surface area contributed by atoms with Crippen molar-refractivity contribution in [3.8, 4) is 11.3 Å². The highest BCUT2D eigenvalue weighted by atomic mass is 19.4. The van der Waals surface area contributed by atoms with E-state index < -0.39 is 28.9 Å². The van der Waals surface area contributed by atoms with Gasteiger partial charge in [-0.25, -0.2) is 8.78 Å². The monoisotopic (exact) mass is 275 g/mol. The molecule has 2 rings (SSSR count). The van der Waals surface area contributed by atoms with Gasteiger partial charge in [0.2, 0.25) is 5.56 Å². The van der Waals surface area contributed by atoms with E-state index >= 15 is 0 Å². The first-order valence-electron chi connectivity index (χ1n) is 5.04. The Bertz CT molecular complexity index is 654. The number of nitrogens with one attached hydrogen (secondary N) is 1. The van der Waals surface area contributed by atoms with Crippen LogP contribution in [0.15, 0.2) is 35.1 Å². The maximum Gasteiger partial charge on any atom is 0.416 e. The molecule has 0 aliphatic carbocycles. The summed E-state index contributed by atoms with van der Waals surface area (Å²) in [6.07, 6.45) is -4.71. The highest BCUT2D eigenvalue weighted by molar-refractivity contribution is 5.60. The van der Waals surface area contributed by atoms with Crippen molar-refractivity contribution in [2.24, 2.45) is 0 Å². The standard InChI is InChI=1S/C12H6F5NO/c13-8-1-6(2-9(14)5-8)10-3-7(12(15,16)17)4-11(19)18-10/h1-5H,(H,18,19). The first-order valence-corrected chi connectivity index (χ1v) is 5.04. The summed E-state index contributed by atoms with van der Waals surface area (Å²) in [6.45, 7) is 0. The Morgan fingerprint density at radius 1 is 0.895 bits per heavy atom. The third-order valence-corrected chi connectivity index (χ3v) is 2.35. The van der Waals surface area contributed by atoms with Crippen LogP contribution in [0.3, 0.4) is 0 Å². The van der Waals surface area contributed by atoms with E-state index in [4.69, 9.17) is 0 Å². The molecule has 19 heavy (non-hydrogen) atoms. The van der Waals surface area contributed by atoms with Crippen molar-refractivity contribution in [2.75, 3.05) is 0 Å². The number of pyridine rings is 1. The number of benzene rings is 1. The lowest BCUT2D eigenvalue weighted by Gasteiger charge is -2.08. The van der Waals surface area contributed by atoms with E-state index in [1.54, 1.807) is 0 Å². The maximum atomic E-state index is 13.0. The van der Waals surface area contributed by atoms with Gasteiger partial charge in [-0.2, -0.15) is 13.2 Å². The summed E-state index contributed by atoms with van der Waals surface area (Å²) in [5, 5.41) is 0. The second-order valence-corrected chi connectivity index (χ2v) is 3.80. The predicted molar refractivity (Wildman–Crippen MR) is 57.4 cm³/mol. The summed E-state index contributed by atoms with van der Waals surface area (Å²) in [6, 6.07) is 3.23. The highest BCUT2D eigenvalue weighted by Gasteiger charge is 2.31. The first kappa shape index (κ1) is 13.3. The lowest BCUT2D eigenvalue weighted by atomic mass is 10.1. The van der Waals surface area contributed by atoms with Gasteiger partial charge in [0.05, 0.1) is 5.56 Å². The molecule has 2 aromatic rings. The van der Waals surface area contributed by atoms with Crippen LogP contribution in [0.5, 0.6) is 0 Å².